The van der Waals surface area contributed by atoms with Gasteiger partial charge in [0.25, 0.3) is 0 Å². The third-order valence-electron chi connectivity index (χ3n) is 15.3. The van der Waals surface area contributed by atoms with E-state index in [4.69, 9.17) is 8.83 Å². The lowest BCUT2D eigenvalue weighted by Crippen LogP contribution is -2.56. The summed E-state index contributed by atoms with van der Waals surface area (Å²) in [7, 11) is -5.32. The Hall–Kier alpha value is -7.43. The van der Waals surface area contributed by atoms with Crippen LogP contribution in [0, 0.1) is 0 Å². The molecule has 13 rings (SSSR count). The number of hydrogen-bond acceptors (Lipinski definition) is 4. The van der Waals surface area contributed by atoms with Crippen molar-refractivity contribution in [1.29, 1.82) is 0 Å². The number of fused-ring (bicyclic) bond motifs is 10. The van der Waals surface area contributed by atoms with E-state index in [1.807, 2.05) is 12.1 Å². The molecule has 1 aliphatic rings. The topological polar surface area (TPSA) is 32.8 Å². The Balaban J connectivity index is 0.970. The number of anilines is 6. The Kier molecular flexibility index (Phi) is 9.69. The lowest BCUT2D eigenvalue weighted by Gasteiger charge is -2.36. The number of nitrogens with zero attached hydrogens (tertiary/aromatic N) is 2. The Morgan fingerprint density at radius 1 is 0.338 bits per heavy atom. The van der Waals surface area contributed by atoms with E-state index in [9.17, 15) is 0 Å². The molecule has 0 saturated carbocycles. The lowest BCUT2D eigenvalue weighted by atomic mass is 9.92. The van der Waals surface area contributed by atoms with E-state index in [2.05, 4.69) is 244 Å². The molecule has 3 heterocycles. The zero-order valence-electron chi connectivity index (χ0n) is 41.7. The highest BCUT2D eigenvalue weighted by Crippen LogP contribution is 2.45. The summed E-state index contributed by atoms with van der Waals surface area (Å²) in [5.41, 5.74) is 13.1. The normalized spacial score (nSPS) is 13.5. The Morgan fingerprint density at radius 2 is 0.775 bits per heavy atom. The van der Waals surface area contributed by atoms with Crippen molar-refractivity contribution in [1.82, 2.24) is 0 Å². The highest BCUT2D eigenvalue weighted by molar-refractivity contribution is 7.03. The zero-order valence-corrected chi connectivity index (χ0v) is 44.7. The fraction of sp³-hybridized carbons (Fsp3) is 0.125. The molecule has 7 heteroatoms. The molecule has 0 radical (unpaired) electrons. The predicted octanol–water partition coefficient (Wildman–Crippen LogP) is 16.6. The van der Waals surface area contributed by atoms with Crippen molar-refractivity contribution >= 4 is 145 Å². The van der Waals surface area contributed by atoms with Crippen molar-refractivity contribution in [3.8, 4) is 11.1 Å². The SMILES string of the molecule is C[Si](C)(C)c1ccc(N(c2ccc3c(c2)[Si](C)(C)c2cccc4c2c-3cc2ccc(N(c3ccc([Si](C)(C)C)cc3)c3ccc5oc6ccccc6c5c3)cc24)c2ccc3oc4ccccc4c3c2)cc1. The zero-order chi connectivity index (χ0) is 48.6. The lowest BCUT2D eigenvalue weighted by molar-refractivity contribution is 0.668. The maximum absolute atomic E-state index is 6.33. The third kappa shape index (κ3) is 7.04. The van der Waals surface area contributed by atoms with Gasteiger partial charge in [0.05, 0.1) is 16.1 Å². The first-order valence-corrected chi connectivity index (χ1v) is 35.0. The van der Waals surface area contributed by atoms with Gasteiger partial charge in [0.2, 0.25) is 0 Å². The van der Waals surface area contributed by atoms with Crippen LogP contribution in [0.1, 0.15) is 0 Å². The summed E-state index contributed by atoms with van der Waals surface area (Å²) in [4.78, 5) is 4.88. The molecule has 0 amide bonds. The van der Waals surface area contributed by atoms with Crippen LogP contribution in [0.15, 0.2) is 203 Å². The molecular weight excluding hydrogens is 913 g/mol. The highest BCUT2D eigenvalue weighted by Gasteiger charge is 2.37. The molecular formula is C64H56N2O2Si3. The van der Waals surface area contributed by atoms with Crippen LogP contribution in [0.4, 0.5) is 34.1 Å². The summed E-state index contributed by atoms with van der Waals surface area (Å²) < 4.78 is 12.6. The van der Waals surface area contributed by atoms with E-state index >= 15 is 0 Å². The van der Waals surface area contributed by atoms with Crippen LogP contribution >= 0.6 is 0 Å². The summed E-state index contributed by atoms with van der Waals surface area (Å²) in [5.74, 6) is 0. The smallest absolute Gasteiger partial charge is 0.135 e. The summed E-state index contributed by atoms with van der Waals surface area (Å²) in [6, 6.07) is 72.7. The van der Waals surface area contributed by atoms with Crippen LogP contribution in [0.3, 0.4) is 0 Å². The molecule has 0 spiro atoms. The predicted molar refractivity (Wildman–Crippen MR) is 314 cm³/mol. The molecule has 71 heavy (non-hydrogen) atoms. The second-order valence-electron chi connectivity index (χ2n) is 22.2. The van der Waals surface area contributed by atoms with Crippen LogP contribution in [-0.4, -0.2) is 24.2 Å². The van der Waals surface area contributed by atoms with Crippen molar-refractivity contribution < 1.29 is 8.83 Å². The molecule has 346 valence electrons. The van der Waals surface area contributed by atoms with Gasteiger partial charge in [-0.3, -0.25) is 0 Å². The summed E-state index contributed by atoms with van der Waals surface area (Å²) in [6.45, 7) is 19.6. The van der Waals surface area contributed by atoms with Gasteiger partial charge in [-0.05, 0) is 146 Å². The number of rotatable bonds is 8. The molecule has 10 aromatic carbocycles. The molecule has 0 aliphatic carbocycles. The standard InChI is InChI=1S/C64H56N2O2Si3/c1-69(2,3)48-29-22-42(23-30-48)65(45-27-34-60-55(38-45)50-14-9-11-17-58(50)67-60)44-21-20-41-36-57-52-33-26-47(40-63(52)71(7,8)62-19-13-16-53(64(57)62)54(41)37-44)66(43-24-31-49(32-25-43)70(4,5)6)46-28-35-61-56(39-46)51-15-10-12-18-59(51)68-61/h9-40H,1-8H3. The summed E-state index contributed by atoms with van der Waals surface area (Å²) in [5, 5.41) is 15.5. The molecule has 0 unspecified atom stereocenters. The van der Waals surface area contributed by atoms with E-state index < -0.39 is 24.2 Å². The van der Waals surface area contributed by atoms with E-state index in [1.54, 1.807) is 0 Å². The van der Waals surface area contributed by atoms with Gasteiger partial charge in [-0.2, -0.15) is 0 Å². The minimum atomic E-state index is -2.29. The molecule has 0 bridgehead atoms. The van der Waals surface area contributed by atoms with Gasteiger partial charge in [-0.25, -0.2) is 0 Å². The van der Waals surface area contributed by atoms with E-state index in [-0.39, 0.29) is 0 Å². The van der Waals surface area contributed by atoms with Crippen LogP contribution in [0.5, 0.6) is 0 Å². The van der Waals surface area contributed by atoms with Crippen molar-refractivity contribution in [3.63, 3.8) is 0 Å². The van der Waals surface area contributed by atoms with Crippen LogP contribution in [0.2, 0.25) is 52.4 Å². The van der Waals surface area contributed by atoms with E-state index in [1.165, 1.54) is 53.4 Å². The van der Waals surface area contributed by atoms with Crippen LogP contribution in [0.25, 0.3) is 76.5 Å². The molecule has 0 saturated heterocycles. The van der Waals surface area contributed by atoms with Gasteiger partial charge in [-0.1, -0.05) is 154 Å². The molecule has 1 aliphatic heterocycles. The van der Waals surface area contributed by atoms with Crippen LogP contribution < -0.4 is 30.5 Å². The maximum Gasteiger partial charge on any atom is 0.135 e. The molecule has 0 atom stereocenters. The van der Waals surface area contributed by atoms with E-state index in [0.717, 1.165) is 78.0 Å². The first kappa shape index (κ1) is 43.6. The van der Waals surface area contributed by atoms with Gasteiger partial charge in [0.15, 0.2) is 0 Å². The third-order valence-corrected chi connectivity index (χ3v) is 23.0. The second kappa shape index (κ2) is 15.8. The molecule has 12 aromatic rings. The quantitative estimate of drug-likeness (QED) is 0.112. The Morgan fingerprint density at radius 3 is 1.31 bits per heavy atom. The fourth-order valence-corrected chi connectivity index (χ4v) is 16.9. The van der Waals surface area contributed by atoms with Crippen molar-refractivity contribution in [2.24, 2.45) is 0 Å². The van der Waals surface area contributed by atoms with E-state index in [0.29, 0.717) is 0 Å². The number of para-hydroxylation sites is 2. The number of hydrogen-bond donors (Lipinski definition) is 0. The molecule has 2 aromatic heterocycles. The van der Waals surface area contributed by atoms with Crippen molar-refractivity contribution in [2.45, 2.75) is 52.4 Å². The monoisotopic (exact) mass is 968 g/mol. The van der Waals surface area contributed by atoms with Crippen molar-refractivity contribution in [2.75, 3.05) is 9.80 Å². The molecule has 0 N–H and O–H groups in total. The Labute approximate surface area is 418 Å². The average Bonchev–Trinajstić information content (AvgIpc) is 3.94. The average molecular weight is 969 g/mol. The van der Waals surface area contributed by atoms with Gasteiger partial charge < -0.3 is 18.6 Å². The van der Waals surface area contributed by atoms with Crippen molar-refractivity contribution in [3.05, 3.63) is 194 Å². The summed E-state index contributed by atoms with van der Waals surface area (Å²) in [6.07, 6.45) is 0. The van der Waals surface area contributed by atoms with Gasteiger partial charge in [-0.15, -0.1) is 0 Å². The highest BCUT2D eigenvalue weighted by atomic mass is 28.3. The molecule has 4 nitrogen and oxygen atoms in total. The summed E-state index contributed by atoms with van der Waals surface area (Å²) >= 11 is 0. The van der Waals surface area contributed by atoms with Gasteiger partial charge >= 0.3 is 0 Å². The van der Waals surface area contributed by atoms with Gasteiger partial charge in [0, 0.05) is 55.7 Å². The first-order valence-electron chi connectivity index (χ1n) is 25.0. The van der Waals surface area contributed by atoms with Gasteiger partial charge in [0.1, 0.15) is 30.4 Å². The Bertz CT molecular complexity index is 4120. The fourth-order valence-electron chi connectivity index (χ4n) is 11.5. The first-order chi connectivity index (χ1) is 34.2. The minimum absolute atomic E-state index is 0.899. The minimum Gasteiger partial charge on any atom is -0.456 e. The van der Waals surface area contributed by atoms with Crippen LogP contribution in [-0.2, 0) is 0 Å². The largest absolute Gasteiger partial charge is 0.456 e. The maximum atomic E-state index is 6.33. The second-order valence-corrected chi connectivity index (χ2v) is 36.7. The number of furan rings is 2. The molecule has 0 fully saturated rings. The number of benzene rings is 10.